The van der Waals surface area contributed by atoms with Gasteiger partial charge in [0.05, 0.1) is 13.2 Å². The summed E-state index contributed by atoms with van der Waals surface area (Å²) in [6, 6.07) is 16.9. The molecule has 9 heteroatoms. The van der Waals surface area contributed by atoms with E-state index in [1.165, 1.54) is 16.7 Å². The van der Waals surface area contributed by atoms with Crippen LogP contribution in [0.5, 0.6) is 12.0 Å². The molecule has 5 rings (SSSR count). The van der Waals surface area contributed by atoms with E-state index in [9.17, 15) is 5.11 Å². The van der Waals surface area contributed by atoms with Crippen LogP contribution in [0.3, 0.4) is 0 Å². The van der Waals surface area contributed by atoms with Crippen LogP contribution in [0.25, 0.3) is 11.2 Å². The highest BCUT2D eigenvalue weighted by atomic mass is 16.5. The summed E-state index contributed by atoms with van der Waals surface area (Å²) in [5, 5.41) is 10.5. The lowest BCUT2D eigenvalue weighted by Gasteiger charge is -2.16. The fourth-order valence-corrected chi connectivity index (χ4v) is 4.20. The zero-order valence-electron chi connectivity index (χ0n) is 18.4. The molecular formula is C24H26N6O3. The van der Waals surface area contributed by atoms with Crippen LogP contribution in [0.1, 0.15) is 22.3 Å². The monoisotopic (exact) mass is 446 g/mol. The number of nitrogen functional groups attached to an aromatic ring is 1. The molecule has 0 unspecified atom stereocenters. The molecule has 3 heterocycles. The second kappa shape index (κ2) is 9.05. The van der Waals surface area contributed by atoms with Crippen molar-refractivity contribution in [3.63, 3.8) is 0 Å². The van der Waals surface area contributed by atoms with Crippen LogP contribution < -0.4 is 10.5 Å². The van der Waals surface area contributed by atoms with Gasteiger partial charge in [-0.1, -0.05) is 48.5 Å². The molecule has 4 aromatic rings. The average Bonchev–Trinajstić information content (AvgIpc) is 3.35. The van der Waals surface area contributed by atoms with Crippen LogP contribution in [0, 0.1) is 0 Å². The van der Waals surface area contributed by atoms with Gasteiger partial charge in [0.1, 0.15) is 6.61 Å². The van der Waals surface area contributed by atoms with Crippen LogP contribution in [-0.2, 0) is 30.9 Å². The topological polar surface area (TPSA) is 112 Å². The van der Waals surface area contributed by atoms with E-state index < -0.39 is 0 Å². The molecule has 0 saturated carbocycles. The third-order valence-electron chi connectivity index (χ3n) is 5.74. The summed E-state index contributed by atoms with van der Waals surface area (Å²) in [6.07, 6.45) is 0. The molecule has 1 aliphatic rings. The highest BCUT2D eigenvalue weighted by molar-refractivity contribution is 5.83. The van der Waals surface area contributed by atoms with Crippen molar-refractivity contribution in [3.8, 4) is 12.0 Å². The largest absolute Gasteiger partial charge is 0.480 e. The molecule has 1 aliphatic heterocycles. The molecule has 33 heavy (non-hydrogen) atoms. The third-order valence-corrected chi connectivity index (χ3v) is 5.74. The number of imidazole rings is 1. The number of aromatic nitrogens is 4. The molecule has 0 amide bonds. The van der Waals surface area contributed by atoms with Crippen molar-refractivity contribution >= 4 is 17.0 Å². The fraction of sp³-hybridized carbons (Fsp3) is 0.292. The Bertz CT molecular complexity index is 1260. The Hall–Kier alpha value is -3.69. The number of aromatic hydroxyl groups is 1. The summed E-state index contributed by atoms with van der Waals surface area (Å²) >= 11 is 0. The van der Waals surface area contributed by atoms with E-state index in [1.807, 2.05) is 12.1 Å². The average molecular weight is 447 g/mol. The first-order valence-electron chi connectivity index (χ1n) is 10.8. The molecule has 0 spiro atoms. The number of hydrogen-bond donors (Lipinski definition) is 2. The Morgan fingerprint density at radius 2 is 1.67 bits per heavy atom. The molecule has 3 N–H and O–H groups in total. The van der Waals surface area contributed by atoms with Gasteiger partial charge in [0.2, 0.25) is 0 Å². The van der Waals surface area contributed by atoms with Gasteiger partial charge in [-0.25, -0.2) is 0 Å². The first-order valence-corrected chi connectivity index (χ1v) is 10.8. The lowest BCUT2D eigenvalue weighted by atomic mass is 10.1. The Balaban J connectivity index is 1.36. The predicted octanol–water partition coefficient (Wildman–Crippen LogP) is 2.70. The lowest BCUT2D eigenvalue weighted by molar-refractivity contribution is 0.141. The summed E-state index contributed by atoms with van der Waals surface area (Å²) in [5.41, 5.74) is 11.8. The van der Waals surface area contributed by atoms with Crippen molar-refractivity contribution in [1.82, 2.24) is 24.4 Å². The zero-order chi connectivity index (χ0) is 22.8. The number of nitrogens with two attached hydrogens (primary N) is 1. The van der Waals surface area contributed by atoms with Gasteiger partial charge in [-0.3, -0.25) is 9.47 Å². The number of methoxy groups -OCH3 is 1. The number of nitrogens with zero attached hydrogens (tertiary/aromatic N) is 5. The number of fused-ring (bicyclic) bond motifs is 2. The first kappa shape index (κ1) is 21.2. The van der Waals surface area contributed by atoms with Gasteiger partial charge in [-0.05, 0) is 22.3 Å². The quantitative estimate of drug-likeness (QED) is 0.398. The summed E-state index contributed by atoms with van der Waals surface area (Å²) in [7, 11) is 1.59. The van der Waals surface area contributed by atoms with E-state index in [0.29, 0.717) is 30.9 Å². The Morgan fingerprint density at radius 3 is 2.39 bits per heavy atom. The van der Waals surface area contributed by atoms with E-state index in [-0.39, 0.29) is 17.8 Å². The maximum Gasteiger partial charge on any atom is 0.320 e. The summed E-state index contributed by atoms with van der Waals surface area (Å²) in [5.74, 6) is 0.156. The lowest BCUT2D eigenvalue weighted by Crippen LogP contribution is -2.15. The molecular weight excluding hydrogens is 420 g/mol. The molecule has 0 aliphatic carbocycles. The predicted molar refractivity (Wildman–Crippen MR) is 124 cm³/mol. The van der Waals surface area contributed by atoms with Gasteiger partial charge in [0.15, 0.2) is 17.0 Å². The van der Waals surface area contributed by atoms with E-state index in [2.05, 4.69) is 56.3 Å². The molecule has 0 fully saturated rings. The maximum absolute atomic E-state index is 10.5. The third kappa shape index (κ3) is 4.46. The highest BCUT2D eigenvalue weighted by Gasteiger charge is 2.19. The van der Waals surface area contributed by atoms with Gasteiger partial charge in [0, 0.05) is 26.7 Å². The minimum atomic E-state index is -0.166. The molecule has 2 aromatic heterocycles. The van der Waals surface area contributed by atoms with Crippen molar-refractivity contribution < 1.29 is 14.6 Å². The Kier molecular flexibility index (Phi) is 5.80. The summed E-state index contributed by atoms with van der Waals surface area (Å²) < 4.78 is 12.1. The van der Waals surface area contributed by atoms with Crippen molar-refractivity contribution in [2.75, 3.05) is 26.1 Å². The van der Waals surface area contributed by atoms with Crippen molar-refractivity contribution in [3.05, 3.63) is 70.8 Å². The number of benzene rings is 2. The fourth-order valence-electron chi connectivity index (χ4n) is 4.20. The van der Waals surface area contributed by atoms with Crippen molar-refractivity contribution in [1.29, 1.82) is 0 Å². The van der Waals surface area contributed by atoms with E-state index >= 15 is 0 Å². The Morgan fingerprint density at radius 1 is 0.939 bits per heavy atom. The van der Waals surface area contributed by atoms with Gasteiger partial charge in [-0.15, -0.1) is 0 Å². The molecule has 0 atom stereocenters. The normalized spacial score (nSPS) is 13.5. The van der Waals surface area contributed by atoms with Crippen molar-refractivity contribution in [2.45, 2.75) is 26.2 Å². The summed E-state index contributed by atoms with van der Waals surface area (Å²) in [4.78, 5) is 15.1. The molecule has 0 radical (unpaired) electrons. The van der Waals surface area contributed by atoms with Crippen LogP contribution >= 0.6 is 0 Å². The minimum Gasteiger partial charge on any atom is -0.480 e. The number of ether oxygens (including phenoxy) is 2. The molecule has 2 aromatic carbocycles. The SMILES string of the molecule is COCCOc1nc(N)c2nc(O)n(Cc3cccc(CN4Cc5ccccc5C4)c3)c2n1. The smallest absolute Gasteiger partial charge is 0.320 e. The zero-order valence-corrected chi connectivity index (χ0v) is 18.4. The first-order chi connectivity index (χ1) is 16.1. The number of anilines is 1. The van der Waals surface area contributed by atoms with E-state index in [4.69, 9.17) is 15.2 Å². The number of rotatable bonds is 8. The molecule has 9 nitrogen and oxygen atoms in total. The van der Waals surface area contributed by atoms with Crippen molar-refractivity contribution in [2.24, 2.45) is 0 Å². The van der Waals surface area contributed by atoms with Gasteiger partial charge >= 0.3 is 6.01 Å². The Labute approximate surface area is 191 Å². The summed E-state index contributed by atoms with van der Waals surface area (Å²) in [6.45, 7) is 3.85. The molecule has 0 bridgehead atoms. The van der Waals surface area contributed by atoms with Crippen LogP contribution in [0.2, 0.25) is 0 Å². The van der Waals surface area contributed by atoms with E-state index in [0.717, 1.165) is 25.2 Å². The second-order valence-electron chi connectivity index (χ2n) is 8.14. The molecule has 170 valence electrons. The van der Waals surface area contributed by atoms with Gasteiger partial charge in [-0.2, -0.15) is 15.0 Å². The van der Waals surface area contributed by atoms with Crippen LogP contribution in [-0.4, -0.2) is 49.8 Å². The van der Waals surface area contributed by atoms with Gasteiger partial charge < -0.3 is 20.3 Å². The molecule has 0 saturated heterocycles. The number of hydrogen-bond acceptors (Lipinski definition) is 8. The second-order valence-corrected chi connectivity index (χ2v) is 8.14. The maximum atomic E-state index is 10.5. The van der Waals surface area contributed by atoms with E-state index in [1.54, 1.807) is 11.7 Å². The minimum absolute atomic E-state index is 0.126. The van der Waals surface area contributed by atoms with Crippen LogP contribution in [0.4, 0.5) is 5.82 Å². The van der Waals surface area contributed by atoms with Gasteiger partial charge in [0.25, 0.3) is 6.01 Å². The van der Waals surface area contributed by atoms with Crippen LogP contribution in [0.15, 0.2) is 48.5 Å². The standard InChI is InChI=1S/C24H26N6O3/c1-32-9-10-33-23-27-21(25)20-22(28-23)30(24(31)26-20)13-17-6-4-5-16(11-17)12-29-14-18-7-2-3-8-19(18)15-29/h2-8,11H,9-10,12-15H2,1H3,(H,26,31)(H2,25,27,28). The highest BCUT2D eigenvalue weighted by Crippen LogP contribution is 2.27.